The van der Waals surface area contributed by atoms with Gasteiger partial charge in [0, 0.05) is 11.3 Å². The lowest BCUT2D eigenvalue weighted by molar-refractivity contribution is 0.102. The number of benzene rings is 2. The third-order valence-corrected chi connectivity index (χ3v) is 3.21. The van der Waals surface area contributed by atoms with Crippen LogP contribution in [0.3, 0.4) is 0 Å². The number of carbonyl (C=O) groups is 1. The number of aromatic amines is 1. The minimum absolute atomic E-state index is 0.151. The Hall–Kier alpha value is -2.69. The Morgan fingerprint density at radius 3 is 2.65 bits per heavy atom. The second kappa shape index (κ2) is 4.77. The minimum Gasteiger partial charge on any atom is -0.322 e. The average molecular weight is 266 g/mol. The highest BCUT2D eigenvalue weighted by molar-refractivity contribution is 6.06. The number of H-pyrrole nitrogens is 1. The van der Waals surface area contributed by atoms with Gasteiger partial charge in [-0.05, 0) is 43.7 Å². The summed E-state index contributed by atoms with van der Waals surface area (Å²) < 4.78 is 0. The molecule has 0 atom stereocenters. The van der Waals surface area contributed by atoms with Gasteiger partial charge in [-0.1, -0.05) is 17.7 Å². The Morgan fingerprint density at radius 2 is 1.85 bits per heavy atom. The van der Waals surface area contributed by atoms with E-state index in [1.807, 2.05) is 32.0 Å². The normalized spacial score (nSPS) is 10.7. The fourth-order valence-corrected chi connectivity index (χ4v) is 2.13. The number of aryl methyl sites for hydroxylation is 2. The summed E-state index contributed by atoms with van der Waals surface area (Å²) in [6.07, 6.45) is 0. The van der Waals surface area contributed by atoms with Crippen molar-refractivity contribution in [3.63, 3.8) is 0 Å². The van der Waals surface area contributed by atoms with Crippen molar-refractivity contribution in [2.75, 3.05) is 5.32 Å². The van der Waals surface area contributed by atoms with E-state index in [0.717, 1.165) is 16.8 Å². The van der Waals surface area contributed by atoms with Crippen molar-refractivity contribution in [2.45, 2.75) is 13.8 Å². The number of anilines is 1. The first kappa shape index (κ1) is 12.3. The predicted molar refractivity (Wildman–Crippen MR) is 77.8 cm³/mol. The van der Waals surface area contributed by atoms with Crippen LogP contribution >= 0.6 is 0 Å². The Bertz CT molecular complexity index is 791. The van der Waals surface area contributed by atoms with Crippen molar-refractivity contribution in [3.8, 4) is 0 Å². The highest BCUT2D eigenvalue weighted by atomic mass is 16.1. The van der Waals surface area contributed by atoms with E-state index >= 15 is 0 Å². The molecule has 20 heavy (non-hydrogen) atoms. The highest BCUT2D eigenvalue weighted by Crippen LogP contribution is 2.18. The number of fused-ring (bicyclic) bond motifs is 1. The molecule has 0 aliphatic carbocycles. The standard InChI is InChI=1S/C15H14N4O/c1-9-3-5-12(10(2)7-9)16-15(20)11-4-6-13-14(8-11)18-19-17-13/h3-8H,1-2H3,(H,16,20)(H,17,18,19). The second-order valence-corrected chi connectivity index (χ2v) is 4.80. The number of nitrogens with zero attached hydrogens (tertiary/aromatic N) is 2. The largest absolute Gasteiger partial charge is 0.322 e. The predicted octanol–water partition coefficient (Wildman–Crippen LogP) is 2.83. The zero-order chi connectivity index (χ0) is 14.1. The fourth-order valence-electron chi connectivity index (χ4n) is 2.13. The van der Waals surface area contributed by atoms with Crippen molar-refractivity contribution in [2.24, 2.45) is 0 Å². The molecule has 0 bridgehead atoms. The first-order chi connectivity index (χ1) is 9.63. The topological polar surface area (TPSA) is 70.7 Å². The summed E-state index contributed by atoms with van der Waals surface area (Å²) in [5.41, 5.74) is 5.02. The number of amides is 1. The van der Waals surface area contributed by atoms with Crippen molar-refractivity contribution in [3.05, 3.63) is 53.1 Å². The van der Waals surface area contributed by atoms with E-state index in [0.29, 0.717) is 11.1 Å². The number of nitrogens with one attached hydrogen (secondary N) is 2. The number of rotatable bonds is 2. The van der Waals surface area contributed by atoms with Crippen molar-refractivity contribution in [1.82, 2.24) is 15.4 Å². The molecule has 0 saturated carbocycles. The molecule has 2 aromatic carbocycles. The Morgan fingerprint density at radius 1 is 1.05 bits per heavy atom. The molecule has 0 saturated heterocycles. The van der Waals surface area contributed by atoms with Crippen molar-refractivity contribution >= 4 is 22.6 Å². The van der Waals surface area contributed by atoms with Crippen molar-refractivity contribution < 1.29 is 4.79 Å². The first-order valence-electron chi connectivity index (χ1n) is 6.32. The van der Waals surface area contributed by atoms with Crippen LogP contribution in [0.15, 0.2) is 36.4 Å². The average Bonchev–Trinajstić information content (AvgIpc) is 2.89. The quantitative estimate of drug-likeness (QED) is 0.749. The lowest BCUT2D eigenvalue weighted by atomic mass is 10.1. The molecule has 3 rings (SSSR count). The third kappa shape index (κ3) is 2.25. The van der Waals surface area contributed by atoms with Gasteiger partial charge in [-0.2, -0.15) is 15.4 Å². The Kier molecular flexibility index (Phi) is 2.95. The van der Waals surface area contributed by atoms with Crippen LogP contribution in [0.2, 0.25) is 0 Å². The van der Waals surface area contributed by atoms with Crippen LogP contribution in [0, 0.1) is 13.8 Å². The van der Waals surface area contributed by atoms with Gasteiger partial charge >= 0.3 is 0 Å². The number of aromatic nitrogens is 3. The molecule has 5 nitrogen and oxygen atoms in total. The molecule has 0 unspecified atom stereocenters. The zero-order valence-electron chi connectivity index (χ0n) is 11.3. The summed E-state index contributed by atoms with van der Waals surface area (Å²) in [7, 11) is 0. The van der Waals surface area contributed by atoms with E-state index in [4.69, 9.17) is 0 Å². The molecule has 1 heterocycles. The third-order valence-electron chi connectivity index (χ3n) is 3.21. The lowest BCUT2D eigenvalue weighted by Crippen LogP contribution is -2.12. The van der Waals surface area contributed by atoms with Crippen molar-refractivity contribution in [1.29, 1.82) is 0 Å². The molecule has 0 aliphatic heterocycles. The van der Waals surface area contributed by atoms with E-state index in [1.165, 1.54) is 5.56 Å². The zero-order valence-corrected chi connectivity index (χ0v) is 11.3. The van der Waals surface area contributed by atoms with Crippen LogP contribution in [0.4, 0.5) is 5.69 Å². The summed E-state index contributed by atoms with van der Waals surface area (Å²) in [6.45, 7) is 4.00. The maximum absolute atomic E-state index is 12.2. The molecule has 3 aromatic rings. The van der Waals surface area contributed by atoms with E-state index in [9.17, 15) is 4.79 Å². The smallest absolute Gasteiger partial charge is 0.255 e. The van der Waals surface area contributed by atoms with E-state index in [1.54, 1.807) is 18.2 Å². The lowest BCUT2D eigenvalue weighted by Gasteiger charge is -2.09. The first-order valence-corrected chi connectivity index (χ1v) is 6.32. The Labute approximate surface area is 116 Å². The van der Waals surface area contributed by atoms with Gasteiger partial charge < -0.3 is 5.32 Å². The Balaban J connectivity index is 1.88. The summed E-state index contributed by atoms with van der Waals surface area (Å²) >= 11 is 0. The highest BCUT2D eigenvalue weighted by Gasteiger charge is 2.09. The van der Waals surface area contributed by atoms with E-state index in [-0.39, 0.29) is 5.91 Å². The molecule has 0 aliphatic rings. The monoisotopic (exact) mass is 266 g/mol. The molecular formula is C15H14N4O. The van der Waals surface area contributed by atoms with Gasteiger partial charge in [-0.25, -0.2) is 0 Å². The van der Waals surface area contributed by atoms with Crippen LogP contribution in [-0.4, -0.2) is 21.3 Å². The van der Waals surface area contributed by atoms with Gasteiger partial charge in [0.1, 0.15) is 11.0 Å². The van der Waals surface area contributed by atoms with Gasteiger partial charge in [0.2, 0.25) is 0 Å². The number of hydrogen-bond donors (Lipinski definition) is 2. The molecule has 100 valence electrons. The molecule has 0 radical (unpaired) electrons. The van der Waals surface area contributed by atoms with Gasteiger partial charge in [-0.15, -0.1) is 0 Å². The minimum atomic E-state index is -0.151. The molecule has 5 heteroatoms. The molecule has 2 N–H and O–H groups in total. The van der Waals surface area contributed by atoms with Gasteiger partial charge in [0.15, 0.2) is 0 Å². The maximum atomic E-state index is 12.2. The molecular weight excluding hydrogens is 252 g/mol. The van der Waals surface area contributed by atoms with E-state index in [2.05, 4.69) is 20.7 Å². The van der Waals surface area contributed by atoms with E-state index < -0.39 is 0 Å². The van der Waals surface area contributed by atoms with Crippen LogP contribution in [-0.2, 0) is 0 Å². The summed E-state index contributed by atoms with van der Waals surface area (Å²) in [6, 6.07) is 11.2. The van der Waals surface area contributed by atoms with Crippen LogP contribution < -0.4 is 5.32 Å². The number of carbonyl (C=O) groups excluding carboxylic acids is 1. The molecule has 0 spiro atoms. The fraction of sp³-hybridized carbons (Fsp3) is 0.133. The van der Waals surface area contributed by atoms with Gasteiger partial charge in [0.25, 0.3) is 5.91 Å². The van der Waals surface area contributed by atoms with Crippen LogP contribution in [0.5, 0.6) is 0 Å². The van der Waals surface area contributed by atoms with Gasteiger partial charge in [-0.3, -0.25) is 4.79 Å². The second-order valence-electron chi connectivity index (χ2n) is 4.80. The summed E-state index contributed by atoms with van der Waals surface area (Å²) in [5, 5.41) is 13.4. The molecule has 0 fully saturated rings. The van der Waals surface area contributed by atoms with Gasteiger partial charge in [0.05, 0.1) is 0 Å². The molecule has 1 aromatic heterocycles. The van der Waals surface area contributed by atoms with Crippen LogP contribution in [0.25, 0.3) is 11.0 Å². The maximum Gasteiger partial charge on any atom is 0.255 e. The SMILES string of the molecule is Cc1ccc(NC(=O)c2ccc3n[nH]nc3c2)c(C)c1. The summed E-state index contributed by atoms with van der Waals surface area (Å²) in [5.74, 6) is -0.151. The summed E-state index contributed by atoms with van der Waals surface area (Å²) in [4.78, 5) is 12.2. The number of hydrogen-bond acceptors (Lipinski definition) is 3. The molecule has 1 amide bonds. The van der Waals surface area contributed by atoms with Crippen LogP contribution in [0.1, 0.15) is 21.5 Å².